The van der Waals surface area contributed by atoms with Crippen LogP contribution in [0.4, 0.5) is 0 Å². The standard InChI is InChI=1S/C14H19N3O/c1-4-11(15)12-16-13(17-18-12)14(2,3)10-8-6-5-7-9-10/h5-9,11H,4,15H2,1-3H3/t11-/m0/s1. The van der Waals surface area contributed by atoms with Gasteiger partial charge in [-0.2, -0.15) is 4.98 Å². The second-order valence-electron chi connectivity index (χ2n) is 4.96. The third-order valence-corrected chi connectivity index (χ3v) is 3.25. The zero-order chi connectivity index (χ0) is 13.2. The molecule has 0 saturated carbocycles. The van der Waals surface area contributed by atoms with Crippen LogP contribution in [0.1, 0.15) is 50.5 Å². The lowest BCUT2D eigenvalue weighted by atomic mass is 9.84. The topological polar surface area (TPSA) is 64.9 Å². The fraction of sp³-hybridized carbons (Fsp3) is 0.429. The molecule has 4 heteroatoms. The van der Waals surface area contributed by atoms with E-state index in [0.29, 0.717) is 11.7 Å². The number of benzene rings is 1. The minimum absolute atomic E-state index is 0.183. The van der Waals surface area contributed by atoms with Gasteiger partial charge in [0.1, 0.15) is 0 Å². The van der Waals surface area contributed by atoms with Crippen molar-refractivity contribution >= 4 is 0 Å². The van der Waals surface area contributed by atoms with E-state index in [4.69, 9.17) is 10.3 Å². The van der Waals surface area contributed by atoms with Gasteiger partial charge in [0.2, 0.25) is 5.89 Å². The molecule has 1 aromatic heterocycles. The van der Waals surface area contributed by atoms with Crippen molar-refractivity contribution in [3.05, 3.63) is 47.6 Å². The Morgan fingerprint density at radius 2 is 1.94 bits per heavy atom. The summed E-state index contributed by atoms with van der Waals surface area (Å²) in [6, 6.07) is 9.96. The molecule has 4 nitrogen and oxygen atoms in total. The molecule has 2 N–H and O–H groups in total. The van der Waals surface area contributed by atoms with E-state index >= 15 is 0 Å². The van der Waals surface area contributed by atoms with Crippen LogP contribution in [0.15, 0.2) is 34.9 Å². The molecule has 0 radical (unpaired) electrons. The summed E-state index contributed by atoms with van der Waals surface area (Å²) in [5.41, 5.74) is 6.77. The summed E-state index contributed by atoms with van der Waals surface area (Å²) in [7, 11) is 0. The highest BCUT2D eigenvalue weighted by Crippen LogP contribution is 2.29. The lowest BCUT2D eigenvalue weighted by molar-refractivity contribution is 0.343. The first-order valence-electron chi connectivity index (χ1n) is 6.21. The van der Waals surface area contributed by atoms with Gasteiger partial charge in [0.05, 0.1) is 11.5 Å². The van der Waals surface area contributed by atoms with E-state index in [2.05, 4.69) is 36.1 Å². The molecular formula is C14H19N3O. The number of hydrogen-bond acceptors (Lipinski definition) is 4. The van der Waals surface area contributed by atoms with Crippen LogP contribution in [-0.4, -0.2) is 10.1 Å². The molecule has 0 spiro atoms. The van der Waals surface area contributed by atoms with Gasteiger partial charge in [-0.15, -0.1) is 0 Å². The largest absolute Gasteiger partial charge is 0.338 e. The van der Waals surface area contributed by atoms with Gasteiger partial charge < -0.3 is 10.3 Å². The van der Waals surface area contributed by atoms with Gasteiger partial charge in [-0.05, 0) is 25.8 Å². The third-order valence-electron chi connectivity index (χ3n) is 3.25. The van der Waals surface area contributed by atoms with Crippen molar-refractivity contribution in [1.82, 2.24) is 10.1 Å². The van der Waals surface area contributed by atoms with Crippen LogP contribution in [-0.2, 0) is 5.41 Å². The smallest absolute Gasteiger partial charge is 0.243 e. The summed E-state index contributed by atoms with van der Waals surface area (Å²) < 4.78 is 5.24. The van der Waals surface area contributed by atoms with Crippen molar-refractivity contribution in [2.24, 2.45) is 5.73 Å². The van der Waals surface area contributed by atoms with Crippen LogP contribution in [0.3, 0.4) is 0 Å². The molecule has 0 saturated heterocycles. The van der Waals surface area contributed by atoms with Crippen LogP contribution < -0.4 is 5.73 Å². The Labute approximate surface area is 107 Å². The van der Waals surface area contributed by atoms with Gasteiger partial charge in [-0.1, -0.05) is 42.4 Å². The maximum absolute atomic E-state index is 5.89. The second kappa shape index (κ2) is 4.90. The van der Waals surface area contributed by atoms with E-state index in [9.17, 15) is 0 Å². The first-order valence-corrected chi connectivity index (χ1v) is 6.21. The molecule has 0 bridgehead atoms. The summed E-state index contributed by atoms with van der Waals surface area (Å²) in [4.78, 5) is 4.43. The highest BCUT2D eigenvalue weighted by Gasteiger charge is 2.29. The predicted octanol–water partition coefficient (Wildman–Crippen LogP) is 2.81. The molecular weight excluding hydrogens is 226 g/mol. The van der Waals surface area contributed by atoms with Crippen LogP contribution in [0, 0.1) is 0 Å². The molecule has 0 aliphatic rings. The summed E-state index contributed by atoms with van der Waals surface area (Å²) in [6.45, 7) is 6.15. The molecule has 0 unspecified atom stereocenters. The SMILES string of the molecule is CC[C@H](N)c1nc(C(C)(C)c2ccccc2)no1. The van der Waals surface area contributed by atoms with Crippen LogP contribution in [0.25, 0.3) is 0 Å². The van der Waals surface area contributed by atoms with Crippen molar-refractivity contribution in [2.45, 2.75) is 38.6 Å². The number of rotatable bonds is 4. The second-order valence-corrected chi connectivity index (χ2v) is 4.96. The molecule has 1 atom stereocenters. The molecule has 0 aliphatic carbocycles. The van der Waals surface area contributed by atoms with Gasteiger partial charge in [0.15, 0.2) is 5.82 Å². The van der Waals surface area contributed by atoms with Crippen LogP contribution >= 0.6 is 0 Å². The molecule has 18 heavy (non-hydrogen) atoms. The Balaban J connectivity index is 2.33. The number of hydrogen-bond donors (Lipinski definition) is 1. The molecule has 1 aromatic carbocycles. The van der Waals surface area contributed by atoms with Crippen molar-refractivity contribution in [3.8, 4) is 0 Å². The lowest BCUT2D eigenvalue weighted by Crippen LogP contribution is -2.21. The van der Waals surface area contributed by atoms with Crippen molar-refractivity contribution in [1.29, 1.82) is 0 Å². The van der Waals surface area contributed by atoms with E-state index in [-0.39, 0.29) is 11.5 Å². The predicted molar refractivity (Wildman–Crippen MR) is 70.1 cm³/mol. The first kappa shape index (κ1) is 12.8. The molecule has 2 rings (SSSR count). The number of nitrogens with two attached hydrogens (primary N) is 1. The monoisotopic (exact) mass is 245 g/mol. The summed E-state index contributed by atoms with van der Waals surface area (Å²) in [5, 5.41) is 4.07. The minimum Gasteiger partial charge on any atom is -0.338 e. The van der Waals surface area contributed by atoms with Crippen LogP contribution in [0.2, 0.25) is 0 Å². The Morgan fingerprint density at radius 1 is 1.28 bits per heavy atom. The summed E-state index contributed by atoms with van der Waals surface area (Å²) >= 11 is 0. The summed E-state index contributed by atoms with van der Waals surface area (Å²) in [5.74, 6) is 1.18. The van der Waals surface area contributed by atoms with Crippen LogP contribution in [0.5, 0.6) is 0 Å². The maximum atomic E-state index is 5.89. The molecule has 2 aromatic rings. The van der Waals surface area contributed by atoms with Crippen molar-refractivity contribution < 1.29 is 4.52 Å². The molecule has 0 fully saturated rings. The zero-order valence-corrected chi connectivity index (χ0v) is 11.1. The van der Waals surface area contributed by atoms with E-state index in [0.717, 1.165) is 12.0 Å². The first-order chi connectivity index (χ1) is 8.55. The van der Waals surface area contributed by atoms with Gasteiger partial charge in [-0.3, -0.25) is 0 Å². The van der Waals surface area contributed by atoms with E-state index in [1.54, 1.807) is 0 Å². The Bertz CT molecular complexity index is 505. The summed E-state index contributed by atoms with van der Waals surface area (Å²) in [6.07, 6.45) is 0.785. The molecule has 1 heterocycles. The van der Waals surface area contributed by atoms with E-state index in [1.807, 2.05) is 25.1 Å². The molecule has 0 amide bonds. The molecule has 0 aliphatic heterocycles. The fourth-order valence-corrected chi connectivity index (χ4v) is 1.80. The highest BCUT2D eigenvalue weighted by molar-refractivity contribution is 5.30. The van der Waals surface area contributed by atoms with E-state index in [1.165, 1.54) is 0 Å². The third kappa shape index (κ3) is 2.29. The Kier molecular flexibility index (Phi) is 3.48. The number of aromatic nitrogens is 2. The van der Waals surface area contributed by atoms with Gasteiger partial charge in [0, 0.05) is 0 Å². The van der Waals surface area contributed by atoms with Crippen molar-refractivity contribution in [3.63, 3.8) is 0 Å². The fourth-order valence-electron chi connectivity index (χ4n) is 1.80. The van der Waals surface area contributed by atoms with Gasteiger partial charge in [0.25, 0.3) is 0 Å². The zero-order valence-electron chi connectivity index (χ0n) is 11.1. The molecule has 96 valence electrons. The number of nitrogens with zero attached hydrogens (tertiary/aromatic N) is 2. The normalized spacial score (nSPS) is 13.6. The Hall–Kier alpha value is -1.68. The van der Waals surface area contributed by atoms with Gasteiger partial charge >= 0.3 is 0 Å². The lowest BCUT2D eigenvalue weighted by Gasteiger charge is -2.20. The highest BCUT2D eigenvalue weighted by atomic mass is 16.5. The van der Waals surface area contributed by atoms with Gasteiger partial charge in [-0.25, -0.2) is 0 Å². The van der Waals surface area contributed by atoms with Crippen molar-refractivity contribution in [2.75, 3.05) is 0 Å². The maximum Gasteiger partial charge on any atom is 0.243 e. The average Bonchev–Trinajstić information content (AvgIpc) is 2.89. The quantitative estimate of drug-likeness (QED) is 0.899. The van der Waals surface area contributed by atoms with E-state index < -0.39 is 0 Å². The average molecular weight is 245 g/mol. The Morgan fingerprint density at radius 3 is 2.56 bits per heavy atom. The minimum atomic E-state index is -0.281.